The molecule has 196 valence electrons. The SMILES string of the molecule is COCCC1(C(=O)N(C)C(C)Cc2ccc(NC(=O)c3c(C)cccc3C)cc2)CCCC1.O=CO. The summed E-state index contributed by atoms with van der Waals surface area (Å²) in [4.78, 5) is 36.4. The number of amides is 2. The third kappa shape index (κ3) is 7.40. The number of nitrogens with one attached hydrogen (secondary N) is 1. The number of hydrogen-bond acceptors (Lipinski definition) is 4. The molecule has 2 aromatic rings. The summed E-state index contributed by atoms with van der Waals surface area (Å²) in [7, 11) is 3.63. The molecule has 0 aliphatic heterocycles. The zero-order chi connectivity index (χ0) is 26.7. The first-order valence-electron chi connectivity index (χ1n) is 12.5. The van der Waals surface area contributed by atoms with Gasteiger partial charge in [-0.15, -0.1) is 0 Å². The molecule has 1 fully saturated rings. The van der Waals surface area contributed by atoms with Gasteiger partial charge >= 0.3 is 0 Å². The Bertz CT molecular complexity index is 993. The summed E-state index contributed by atoms with van der Waals surface area (Å²) in [6.45, 7) is 6.39. The van der Waals surface area contributed by atoms with E-state index in [1.165, 1.54) is 0 Å². The van der Waals surface area contributed by atoms with Gasteiger partial charge in [-0.3, -0.25) is 14.4 Å². The van der Waals surface area contributed by atoms with Crippen LogP contribution in [0.25, 0.3) is 0 Å². The Balaban J connectivity index is 0.00000145. The summed E-state index contributed by atoms with van der Waals surface area (Å²) in [5.41, 5.74) is 4.32. The van der Waals surface area contributed by atoms with E-state index in [0.29, 0.717) is 6.61 Å². The third-order valence-electron chi connectivity index (χ3n) is 7.23. The quantitative estimate of drug-likeness (QED) is 0.463. The highest BCUT2D eigenvalue weighted by atomic mass is 16.5. The van der Waals surface area contributed by atoms with Crippen molar-refractivity contribution in [3.63, 3.8) is 0 Å². The fourth-order valence-electron chi connectivity index (χ4n) is 5.06. The number of benzene rings is 2. The molecule has 1 atom stereocenters. The molecule has 2 amide bonds. The number of ether oxygens (including phenoxy) is 1. The maximum atomic E-state index is 13.4. The van der Waals surface area contributed by atoms with Crippen LogP contribution in [-0.4, -0.2) is 55.1 Å². The number of nitrogens with zero attached hydrogens (tertiary/aromatic N) is 1. The van der Waals surface area contributed by atoms with Gasteiger partial charge in [0.15, 0.2) is 0 Å². The Hall–Kier alpha value is -3.19. The third-order valence-corrected chi connectivity index (χ3v) is 7.23. The Kier molecular flexibility index (Phi) is 11.1. The minimum absolute atomic E-state index is 0.0880. The molecule has 7 nitrogen and oxygen atoms in total. The summed E-state index contributed by atoms with van der Waals surface area (Å²) in [5.74, 6) is 0.164. The highest BCUT2D eigenvalue weighted by molar-refractivity contribution is 6.06. The van der Waals surface area contributed by atoms with E-state index >= 15 is 0 Å². The highest BCUT2D eigenvalue weighted by Crippen LogP contribution is 2.43. The standard InChI is InChI=1S/C28H38N2O3.CH2O2/c1-20-9-8-10-21(2)25(20)26(31)29-24-13-11-23(12-14-24)19-22(3)30(4)27(32)28(17-18-33-5)15-6-7-16-28;2-1-3/h8-14,22H,6-7,15-19H2,1-5H3,(H,29,31);1H,(H,2,3). The van der Waals surface area contributed by atoms with Gasteiger partial charge in [0.05, 0.1) is 5.41 Å². The van der Waals surface area contributed by atoms with Gasteiger partial charge in [0.2, 0.25) is 5.91 Å². The van der Waals surface area contributed by atoms with Crippen molar-refractivity contribution in [1.82, 2.24) is 4.90 Å². The monoisotopic (exact) mass is 496 g/mol. The Morgan fingerprint density at radius 2 is 1.67 bits per heavy atom. The minimum atomic E-state index is -0.263. The summed E-state index contributed by atoms with van der Waals surface area (Å²) >= 11 is 0. The molecule has 1 saturated carbocycles. The number of carbonyl (C=O) groups excluding carboxylic acids is 2. The van der Waals surface area contributed by atoms with E-state index in [-0.39, 0.29) is 29.7 Å². The van der Waals surface area contributed by atoms with Crippen LogP contribution in [0.5, 0.6) is 0 Å². The molecular weight excluding hydrogens is 456 g/mol. The van der Waals surface area contributed by atoms with Crippen molar-refractivity contribution in [2.75, 3.05) is 26.1 Å². The van der Waals surface area contributed by atoms with E-state index in [9.17, 15) is 9.59 Å². The molecular formula is C29H40N2O5. The summed E-state index contributed by atoms with van der Waals surface area (Å²) in [6.07, 6.45) is 5.73. The van der Waals surface area contributed by atoms with Crippen molar-refractivity contribution in [1.29, 1.82) is 0 Å². The largest absolute Gasteiger partial charge is 0.483 e. The zero-order valence-corrected chi connectivity index (χ0v) is 22.2. The van der Waals surface area contributed by atoms with Crippen LogP contribution < -0.4 is 5.32 Å². The van der Waals surface area contributed by atoms with Crippen LogP contribution in [0.15, 0.2) is 42.5 Å². The topological polar surface area (TPSA) is 95.9 Å². The minimum Gasteiger partial charge on any atom is -0.483 e. The summed E-state index contributed by atoms with van der Waals surface area (Å²) in [5, 5.41) is 9.90. The molecule has 1 aliphatic rings. The molecule has 0 heterocycles. The van der Waals surface area contributed by atoms with Gasteiger partial charge < -0.3 is 20.1 Å². The lowest BCUT2D eigenvalue weighted by molar-refractivity contribution is -0.143. The van der Waals surface area contributed by atoms with Gasteiger partial charge in [0.25, 0.3) is 12.4 Å². The van der Waals surface area contributed by atoms with Crippen molar-refractivity contribution >= 4 is 24.0 Å². The van der Waals surface area contributed by atoms with Crippen LogP contribution in [0, 0.1) is 19.3 Å². The highest BCUT2D eigenvalue weighted by Gasteiger charge is 2.43. The zero-order valence-electron chi connectivity index (χ0n) is 22.2. The van der Waals surface area contributed by atoms with Crippen molar-refractivity contribution in [2.45, 2.75) is 65.3 Å². The molecule has 0 radical (unpaired) electrons. The van der Waals surface area contributed by atoms with E-state index in [4.69, 9.17) is 14.6 Å². The fourth-order valence-corrected chi connectivity index (χ4v) is 5.06. The predicted molar refractivity (Wildman–Crippen MR) is 142 cm³/mol. The molecule has 7 heteroatoms. The van der Waals surface area contributed by atoms with Crippen LogP contribution in [0.1, 0.15) is 66.1 Å². The van der Waals surface area contributed by atoms with E-state index in [1.807, 2.05) is 68.3 Å². The number of carboxylic acid groups (broad SMARTS) is 1. The lowest BCUT2D eigenvalue weighted by atomic mass is 9.81. The molecule has 2 N–H and O–H groups in total. The van der Waals surface area contributed by atoms with Crippen LogP contribution in [0.3, 0.4) is 0 Å². The average molecular weight is 497 g/mol. The van der Waals surface area contributed by atoms with E-state index in [2.05, 4.69) is 12.2 Å². The number of methoxy groups -OCH3 is 1. The second-order valence-electron chi connectivity index (χ2n) is 9.72. The normalized spacial score (nSPS) is 14.8. The smallest absolute Gasteiger partial charge is 0.290 e. The van der Waals surface area contributed by atoms with Crippen LogP contribution >= 0.6 is 0 Å². The van der Waals surface area contributed by atoms with E-state index in [1.54, 1.807) is 7.11 Å². The van der Waals surface area contributed by atoms with E-state index < -0.39 is 0 Å². The van der Waals surface area contributed by atoms with Gasteiger partial charge in [0.1, 0.15) is 0 Å². The van der Waals surface area contributed by atoms with Crippen molar-refractivity contribution < 1.29 is 24.2 Å². The van der Waals surface area contributed by atoms with Gasteiger partial charge in [-0.1, -0.05) is 43.2 Å². The Labute approximate surface area is 214 Å². The Morgan fingerprint density at radius 1 is 1.11 bits per heavy atom. The average Bonchev–Trinajstić information content (AvgIpc) is 3.33. The second-order valence-corrected chi connectivity index (χ2v) is 9.72. The van der Waals surface area contributed by atoms with Crippen molar-refractivity contribution in [2.24, 2.45) is 5.41 Å². The van der Waals surface area contributed by atoms with E-state index in [0.717, 1.165) is 66.5 Å². The molecule has 36 heavy (non-hydrogen) atoms. The van der Waals surface area contributed by atoms with Crippen LogP contribution in [-0.2, 0) is 20.7 Å². The van der Waals surface area contributed by atoms with Crippen LogP contribution in [0.4, 0.5) is 5.69 Å². The first-order valence-corrected chi connectivity index (χ1v) is 12.5. The van der Waals surface area contributed by atoms with Crippen LogP contribution in [0.2, 0.25) is 0 Å². The number of aryl methyl sites for hydroxylation is 2. The molecule has 0 saturated heterocycles. The fraction of sp³-hybridized carbons (Fsp3) is 0.483. The number of likely N-dealkylation sites (N-methyl/N-ethyl adjacent to an activating group) is 1. The summed E-state index contributed by atoms with van der Waals surface area (Å²) < 4.78 is 5.29. The lowest BCUT2D eigenvalue weighted by Gasteiger charge is -2.35. The maximum Gasteiger partial charge on any atom is 0.290 e. The van der Waals surface area contributed by atoms with Crippen molar-refractivity contribution in [3.05, 3.63) is 64.7 Å². The van der Waals surface area contributed by atoms with Gasteiger partial charge in [-0.25, -0.2) is 0 Å². The van der Waals surface area contributed by atoms with Gasteiger partial charge in [-0.05, 0) is 75.3 Å². The van der Waals surface area contributed by atoms with Gasteiger partial charge in [-0.2, -0.15) is 0 Å². The second kappa shape index (κ2) is 13.8. The molecule has 1 aliphatic carbocycles. The molecule has 0 spiro atoms. The molecule has 2 aromatic carbocycles. The number of anilines is 1. The number of carbonyl (C=O) groups is 3. The van der Waals surface area contributed by atoms with Gasteiger partial charge in [0, 0.05) is 38.1 Å². The lowest BCUT2D eigenvalue weighted by Crippen LogP contribution is -2.46. The first kappa shape index (κ1) is 29.0. The molecule has 0 bridgehead atoms. The molecule has 3 rings (SSSR count). The first-order chi connectivity index (χ1) is 17.2. The predicted octanol–water partition coefficient (Wildman–Crippen LogP) is 5.24. The maximum absolute atomic E-state index is 13.4. The number of rotatable bonds is 9. The number of hydrogen-bond donors (Lipinski definition) is 2. The molecule has 0 aromatic heterocycles. The van der Waals surface area contributed by atoms with Crippen molar-refractivity contribution in [3.8, 4) is 0 Å². The summed E-state index contributed by atoms with van der Waals surface area (Å²) in [6, 6.07) is 13.9. The molecule has 1 unspecified atom stereocenters. The Morgan fingerprint density at radius 3 is 2.19 bits per heavy atom.